The second-order valence-corrected chi connectivity index (χ2v) is 7.23. The first-order valence-electron chi connectivity index (χ1n) is 7.01. The molecule has 0 aliphatic carbocycles. The summed E-state index contributed by atoms with van der Waals surface area (Å²) in [6.45, 7) is 14.1. The minimum absolute atomic E-state index is 0.251. The highest BCUT2D eigenvalue weighted by Crippen LogP contribution is 2.36. The van der Waals surface area contributed by atoms with Gasteiger partial charge in [0.25, 0.3) is 0 Å². The smallest absolute Gasteiger partial charge is 0.472 e. The van der Waals surface area contributed by atoms with Crippen molar-refractivity contribution in [3.8, 4) is 5.88 Å². The first-order chi connectivity index (χ1) is 9.00. The molecule has 0 N–H and O–H groups in total. The van der Waals surface area contributed by atoms with Crippen molar-refractivity contribution >= 4 is 12.6 Å². The summed E-state index contributed by atoms with van der Waals surface area (Å²) in [7, 11) is -0.379. The third kappa shape index (κ3) is 3.15. The van der Waals surface area contributed by atoms with E-state index in [0.717, 1.165) is 5.46 Å². The maximum atomic E-state index is 5.99. The van der Waals surface area contributed by atoms with Crippen LogP contribution >= 0.6 is 0 Å². The number of rotatable bonds is 2. The Hall–Kier alpha value is -1.07. The van der Waals surface area contributed by atoms with Gasteiger partial charge in [0, 0.05) is 11.7 Å². The Morgan fingerprint density at radius 3 is 2.00 bits per heavy atom. The molecule has 1 saturated heterocycles. The van der Waals surface area contributed by atoms with Gasteiger partial charge in [-0.1, -0.05) is 6.07 Å². The summed E-state index contributed by atoms with van der Waals surface area (Å²) < 4.78 is 17.7. The lowest BCUT2D eigenvalue weighted by Gasteiger charge is -2.32. The minimum Gasteiger partial charge on any atom is -0.472 e. The Kier molecular flexibility index (Phi) is 3.63. The number of hydrogen-bond acceptors (Lipinski definition) is 4. The van der Waals surface area contributed by atoms with Gasteiger partial charge < -0.3 is 14.0 Å². The Bertz CT molecular complexity index is 461. The molecule has 2 heterocycles. The van der Waals surface area contributed by atoms with Gasteiger partial charge in [-0.05, 0) is 54.5 Å². The SMILES string of the molecule is CC(C)(C)Oc1ccc(B2OC(C)(C)C(C)(C)O2)cn1. The highest BCUT2D eigenvalue weighted by Gasteiger charge is 2.51. The third-order valence-electron chi connectivity index (χ3n) is 3.70. The van der Waals surface area contributed by atoms with Crippen LogP contribution in [0.25, 0.3) is 0 Å². The van der Waals surface area contributed by atoms with E-state index in [2.05, 4.69) is 4.98 Å². The predicted octanol–water partition coefficient (Wildman–Crippen LogP) is 2.56. The summed E-state index contributed by atoms with van der Waals surface area (Å²) in [5.41, 5.74) is -0.0140. The zero-order valence-electron chi connectivity index (χ0n) is 13.5. The Morgan fingerprint density at radius 2 is 1.60 bits per heavy atom. The molecule has 0 saturated carbocycles. The van der Waals surface area contributed by atoms with E-state index in [4.69, 9.17) is 14.0 Å². The molecular formula is C15H24BNO3. The second-order valence-electron chi connectivity index (χ2n) is 7.23. The van der Waals surface area contributed by atoms with Gasteiger partial charge in [-0.15, -0.1) is 0 Å². The molecule has 0 bridgehead atoms. The van der Waals surface area contributed by atoms with Gasteiger partial charge in [0.2, 0.25) is 5.88 Å². The van der Waals surface area contributed by atoms with Crippen LogP contribution in [0.1, 0.15) is 48.5 Å². The maximum Gasteiger partial charge on any atom is 0.496 e. The topological polar surface area (TPSA) is 40.6 Å². The lowest BCUT2D eigenvalue weighted by molar-refractivity contribution is 0.00578. The molecule has 0 spiro atoms. The van der Waals surface area contributed by atoms with Crippen LogP contribution in [0.5, 0.6) is 5.88 Å². The molecule has 0 radical (unpaired) electrons. The molecule has 20 heavy (non-hydrogen) atoms. The van der Waals surface area contributed by atoms with Crippen LogP contribution in [0, 0.1) is 0 Å². The monoisotopic (exact) mass is 277 g/mol. The number of ether oxygens (including phenoxy) is 1. The number of pyridine rings is 1. The van der Waals surface area contributed by atoms with Crippen molar-refractivity contribution in [1.29, 1.82) is 0 Å². The van der Waals surface area contributed by atoms with Crippen molar-refractivity contribution in [3.63, 3.8) is 0 Å². The van der Waals surface area contributed by atoms with Crippen LogP contribution in [0.4, 0.5) is 0 Å². The van der Waals surface area contributed by atoms with E-state index in [9.17, 15) is 0 Å². The lowest BCUT2D eigenvalue weighted by atomic mass is 9.80. The molecule has 110 valence electrons. The molecule has 1 aromatic rings. The fourth-order valence-electron chi connectivity index (χ4n) is 1.88. The highest BCUT2D eigenvalue weighted by molar-refractivity contribution is 6.62. The predicted molar refractivity (Wildman–Crippen MR) is 80.3 cm³/mol. The van der Waals surface area contributed by atoms with E-state index < -0.39 is 0 Å². The molecule has 0 unspecified atom stereocenters. The lowest BCUT2D eigenvalue weighted by Crippen LogP contribution is -2.41. The van der Waals surface area contributed by atoms with E-state index in [0.29, 0.717) is 5.88 Å². The molecule has 1 aromatic heterocycles. The molecular weight excluding hydrogens is 253 g/mol. The van der Waals surface area contributed by atoms with E-state index in [1.165, 1.54) is 0 Å². The van der Waals surface area contributed by atoms with Crippen LogP contribution in [-0.2, 0) is 9.31 Å². The molecule has 1 fully saturated rings. The zero-order chi connectivity index (χ0) is 15.2. The molecule has 0 atom stereocenters. The largest absolute Gasteiger partial charge is 0.496 e. The van der Waals surface area contributed by atoms with Gasteiger partial charge in [0.05, 0.1) is 11.2 Å². The van der Waals surface area contributed by atoms with Crippen LogP contribution < -0.4 is 10.2 Å². The standard InChI is InChI=1S/C15H24BNO3/c1-13(2,3)18-12-9-8-11(10-17-12)16-19-14(4,5)15(6,7)20-16/h8-10H,1-7H3. The number of hydrogen-bond donors (Lipinski definition) is 0. The summed E-state index contributed by atoms with van der Waals surface area (Å²) in [4.78, 5) is 4.32. The van der Waals surface area contributed by atoms with Crippen molar-refractivity contribution in [1.82, 2.24) is 4.98 Å². The molecule has 0 amide bonds. The van der Waals surface area contributed by atoms with E-state index in [-0.39, 0.29) is 23.9 Å². The summed E-state index contributed by atoms with van der Waals surface area (Å²) in [6.07, 6.45) is 1.75. The first-order valence-corrected chi connectivity index (χ1v) is 7.01. The van der Waals surface area contributed by atoms with Crippen molar-refractivity contribution in [2.24, 2.45) is 0 Å². The van der Waals surface area contributed by atoms with Crippen LogP contribution in [0.15, 0.2) is 18.3 Å². The van der Waals surface area contributed by atoms with Crippen LogP contribution in [0.3, 0.4) is 0 Å². The fraction of sp³-hybridized carbons (Fsp3) is 0.667. The Balaban J connectivity index is 2.12. The van der Waals surface area contributed by atoms with Gasteiger partial charge >= 0.3 is 7.12 Å². The van der Waals surface area contributed by atoms with Gasteiger partial charge in [-0.2, -0.15) is 0 Å². The minimum atomic E-state index is -0.379. The average Bonchev–Trinajstić information content (AvgIpc) is 2.47. The Labute approximate surface area is 122 Å². The maximum absolute atomic E-state index is 5.99. The van der Waals surface area contributed by atoms with Gasteiger partial charge in [0.15, 0.2) is 0 Å². The van der Waals surface area contributed by atoms with Crippen LogP contribution in [0.2, 0.25) is 0 Å². The van der Waals surface area contributed by atoms with Crippen LogP contribution in [-0.4, -0.2) is 28.9 Å². The Morgan fingerprint density at radius 1 is 1.05 bits per heavy atom. The molecule has 2 rings (SSSR count). The van der Waals surface area contributed by atoms with Crippen molar-refractivity contribution in [2.45, 2.75) is 65.3 Å². The van der Waals surface area contributed by atoms with Gasteiger partial charge in [-0.3, -0.25) is 0 Å². The van der Waals surface area contributed by atoms with E-state index >= 15 is 0 Å². The van der Waals surface area contributed by atoms with Crippen molar-refractivity contribution < 1.29 is 14.0 Å². The first kappa shape index (κ1) is 15.3. The third-order valence-corrected chi connectivity index (χ3v) is 3.70. The average molecular weight is 277 g/mol. The fourth-order valence-corrected chi connectivity index (χ4v) is 1.88. The summed E-state index contributed by atoms with van der Waals surface area (Å²) in [5.74, 6) is 0.609. The second kappa shape index (κ2) is 4.74. The normalized spacial score (nSPS) is 21.1. The molecule has 5 heteroatoms. The molecule has 1 aliphatic heterocycles. The molecule has 0 aromatic carbocycles. The highest BCUT2D eigenvalue weighted by atomic mass is 16.7. The van der Waals surface area contributed by atoms with E-state index in [1.807, 2.05) is 60.6 Å². The number of aromatic nitrogens is 1. The number of nitrogens with zero attached hydrogens (tertiary/aromatic N) is 1. The van der Waals surface area contributed by atoms with Gasteiger partial charge in [0.1, 0.15) is 5.60 Å². The molecule has 4 nitrogen and oxygen atoms in total. The molecule has 1 aliphatic rings. The van der Waals surface area contributed by atoms with Crippen molar-refractivity contribution in [2.75, 3.05) is 0 Å². The summed E-state index contributed by atoms with van der Waals surface area (Å²) >= 11 is 0. The zero-order valence-corrected chi connectivity index (χ0v) is 13.5. The van der Waals surface area contributed by atoms with E-state index in [1.54, 1.807) is 6.20 Å². The van der Waals surface area contributed by atoms with Gasteiger partial charge in [-0.25, -0.2) is 4.98 Å². The summed E-state index contributed by atoms with van der Waals surface area (Å²) in [5, 5.41) is 0. The summed E-state index contributed by atoms with van der Waals surface area (Å²) in [6, 6.07) is 3.79. The van der Waals surface area contributed by atoms with Crippen molar-refractivity contribution in [3.05, 3.63) is 18.3 Å². The quantitative estimate of drug-likeness (QED) is 0.779.